The van der Waals surface area contributed by atoms with Crippen LogP contribution in [-0.2, 0) is 19.6 Å². The summed E-state index contributed by atoms with van der Waals surface area (Å²) < 4.78 is 33.0. The molecule has 1 aliphatic carbocycles. The Morgan fingerprint density at radius 2 is 1.89 bits per heavy atom. The lowest BCUT2D eigenvalue weighted by molar-refractivity contribution is -0.128. The maximum Gasteiger partial charge on any atom is 0.240 e. The number of rotatable bonds is 9. The Morgan fingerprint density at radius 3 is 2.54 bits per heavy atom. The van der Waals surface area contributed by atoms with Crippen molar-refractivity contribution in [2.45, 2.75) is 61.7 Å². The van der Waals surface area contributed by atoms with Gasteiger partial charge in [0.05, 0.1) is 23.6 Å². The highest BCUT2D eigenvalue weighted by atomic mass is 35.5. The quantitative estimate of drug-likeness (QED) is 0.554. The molecule has 0 aromatic heterocycles. The molecule has 1 saturated heterocycles. The van der Waals surface area contributed by atoms with Gasteiger partial charge >= 0.3 is 0 Å². The molecule has 2 fully saturated rings. The number of nitrogens with one attached hydrogen (secondary N) is 2. The Morgan fingerprint density at radius 1 is 1.18 bits per heavy atom. The third-order valence-electron chi connectivity index (χ3n) is 5.20. The third-order valence-corrected chi connectivity index (χ3v) is 6.92. The standard InChI is InChI=1S/C19H27ClN2O5S/c20-14-3-6-16(7-4-14)28(25,26)21-10-9-15-5-8-17(18(12-23)27-15)22-19(24)11-13-1-2-13/h3-4,6-7,13,15,17-18,21,23H,1-2,5,8-12H2,(H,22,24)/t15-,17+,18-/m1/s1. The minimum absolute atomic E-state index is 0.0173. The molecule has 3 rings (SSSR count). The summed E-state index contributed by atoms with van der Waals surface area (Å²) in [6.07, 6.45) is 4.05. The third kappa shape index (κ3) is 6.15. The van der Waals surface area contributed by atoms with Crippen LogP contribution < -0.4 is 10.0 Å². The lowest BCUT2D eigenvalue weighted by atomic mass is 9.97. The molecule has 9 heteroatoms. The summed E-state index contributed by atoms with van der Waals surface area (Å²) in [5.41, 5.74) is 0. The van der Waals surface area contributed by atoms with Crippen molar-refractivity contribution in [2.75, 3.05) is 13.2 Å². The van der Waals surface area contributed by atoms with E-state index in [2.05, 4.69) is 10.0 Å². The number of aliphatic hydroxyl groups is 1. The van der Waals surface area contributed by atoms with Crippen LogP contribution in [0.3, 0.4) is 0 Å². The Labute approximate surface area is 170 Å². The summed E-state index contributed by atoms with van der Waals surface area (Å²) in [5.74, 6) is 0.530. The maximum atomic E-state index is 12.3. The van der Waals surface area contributed by atoms with Gasteiger partial charge in [-0.1, -0.05) is 11.6 Å². The summed E-state index contributed by atoms with van der Waals surface area (Å²) in [6.45, 7) is 0.0495. The number of aliphatic hydroxyl groups excluding tert-OH is 1. The molecule has 0 unspecified atom stereocenters. The minimum Gasteiger partial charge on any atom is -0.394 e. The average molecular weight is 431 g/mol. The van der Waals surface area contributed by atoms with Crippen molar-refractivity contribution in [1.82, 2.24) is 10.0 Å². The van der Waals surface area contributed by atoms with E-state index in [4.69, 9.17) is 16.3 Å². The SMILES string of the molecule is O=C(CC1CC1)N[C@H]1CC[C@H](CCNS(=O)(=O)c2ccc(Cl)cc2)O[C@@H]1CO. The monoisotopic (exact) mass is 430 g/mol. The number of sulfonamides is 1. The molecule has 1 heterocycles. The van der Waals surface area contributed by atoms with Crippen LogP contribution in [0.4, 0.5) is 0 Å². The van der Waals surface area contributed by atoms with Gasteiger partial charge < -0.3 is 15.2 Å². The summed E-state index contributed by atoms with van der Waals surface area (Å²) >= 11 is 5.79. The van der Waals surface area contributed by atoms with E-state index in [1.165, 1.54) is 24.3 Å². The van der Waals surface area contributed by atoms with E-state index in [9.17, 15) is 18.3 Å². The fourth-order valence-electron chi connectivity index (χ4n) is 3.41. The van der Waals surface area contributed by atoms with E-state index in [0.717, 1.165) is 12.8 Å². The van der Waals surface area contributed by atoms with E-state index in [-0.39, 0.29) is 36.1 Å². The van der Waals surface area contributed by atoms with Gasteiger partial charge in [-0.3, -0.25) is 4.79 Å². The topological polar surface area (TPSA) is 105 Å². The van der Waals surface area contributed by atoms with Crippen LogP contribution in [0.15, 0.2) is 29.2 Å². The lowest BCUT2D eigenvalue weighted by Crippen LogP contribution is -2.51. The largest absolute Gasteiger partial charge is 0.394 e. The number of ether oxygens (including phenoxy) is 1. The number of benzene rings is 1. The second kappa shape index (κ2) is 9.54. The number of carbonyl (C=O) groups is 1. The highest BCUT2D eigenvalue weighted by molar-refractivity contribution is 7.89. The van der Waals surface area contributed by atoms with Crippen LogP contribution in [-0.4, -0.2) is 50.8 Å². The van der Waals surface area contributed by atoms with Crippen LogP contribution in [0, 0.1) is 5.92 Å². The Bertz CT molecular complexity index is 767. The van der Waals surface area contributed by atoms with E-state index in [1.54, 1.807) is 0 Å². The summed E-state index contributed by atoms with van der Waals surface area (Å²) in [4.78, 5) is 12.2. The zero-order valence-corrected chi connectivity index (χ0v) is 17.2. The molecular weight excluding hydrogens is 404 g/mol. The van der Waals surface area contributed by atoms with E-state index in [0.29, 0.717) is 36.6 Å². The average Bonchev–Trinajstić information content (AvgIpc) is 3.47. The van der Waals surface area contributed by atoms with Gasteiger partial charge in [0.1, 0.15) is 6.10 Å². The highest BCUT2D eigenvalue weighted by Gasteiger charge is 2.33. The van der Waals surface area contributed by atoms with Crippen LogP contribution in [0.5, 0.6) is 0 Å². The van der Waals surface area contributed by atoms with E-state index >= 15 is 0 Å². The number of carbonyl (C=O) groups excluding carboxylic acids is 1. The first-order valence-corrected chi connectivity index (χ1v) is 11.5. The second-order valence-corrected chi connectivity index (χ2v) is 9.72. The van der Waals surface area contributed by atoms with Gasteiger partial charge in [-0.05, 0) is 62.3 Å². The molecule has 0 bridgehead atoms. The molecule has 7 nitrogen and oxygen atoms in total. The molecule has 0 radical (unpaired) electrons. The van der Waals surface area contributed by atoms with Gasteiger partial charge in [-0.15, -0.1) is 0 Å². The molecule has 3 atom stereocenters. The summed E-state index contributed by atoms with van der Waals surface area (Å²) in [5, 5.41) is 13.1. The molecule has 3 N–H and O–H groups in total. The molecule has 156 valence electrons. The van der Waals surface area contributed by atoms with Crippen molar-refractivity contribution < 1.29 is 23.1 Å². The fourth-order valence-corrected chi connectivity index (χ4v) is 4.58. The van der Waals surface area contributed by atoms with Crippen LogP contribution >= 0.6 is 11.6 Å². The van der Waals surface area contributed by atoms with Crippen molar-refractivity contribution in [3.8, 4) is 0 Å². The number of hydrogen-bond donors (Lipinski definition) is 3. The summed E-state index contributed by atoms with van der Waals surface area (Å²) in [6, 6.07) is 5.78. The van der Waals surface area contributed by atoms with Crippen molar-refractivity contribution in [2.24, 2.45) is 5.92 Å². The van der Waals surface area contributed by atoms with Crippen LogP contribution in [0.2, 0.25) is 5.02 Å². The molecule has 2 aliphatic rings. The molecule has 1 saturated carbocycles. The van der Waals surface area contributed by atoms with Gasteiger partial charge in [0.2, 0.25) is 15.9 Å². The molecular formula is C19H27ClN2O5S. The molecule has 1 aromatic rings. The Kier molecular flexibility index (Phi) is 7.33. The van der Waals surface area contributed by atoms with Crippen molar-refractivity contribution >= 4 is 27.5 Å². The first kappa shape index (κ1) is 21.5. The van der Waals surface area contributed by atoms with Gasteiger partial charge in [-0.2, -0.15) is 0 Å². The number of amides is 1. The first-order valence-electron chi connectivity index (χ1n) is 9.68. The van der Waals surface area contributed by atoms with Crippen LogP contribution in [0.25, 0.3) is 0 Å². The van der Waals surface area contributed by atoms with Gasteiger partial charge in [0, 0.05) is 18.0 Å². The van der Waals surface area contributed by atoms with Crippen LogP contribution in [0.1, 0.15) is 38.5 Å². The number of hydrogen-bond acceptors (Lipinski definition) is 5. The normalized spacial score (nSPS) is 25.4. The summed E-state index contributed by atoms with van der Waals surface area (Å²) in [7, 11) is -3.60. The van der Waals surface area contributed by atoms with Gasteiger partial charge in [-0.25, -0.2) is 13.1 Å². The maximum absolute atomic E-state index is 12.3. The smallest absolute Gasteiger partial charge is 0.240 e. The second-order valence-electron chi connectivity index (χ2n) is 7.52. The van der Waals surface area contributed by atoms with E-state index in [1.807, 2.05) is 0 Å². The van der Waals surface area contributed by atoms with Crippen molar-refractivity contribution in [3.63, 3.8) is 0 Å². The Balaban J connectivity index is 1.44. The highest BCUT2D eigenvalue weighted by Crippen LogP contribution is 2.32. The number of halogens is 1. The zero-order chi connectivity index (χ0) is 20.1. The van der Waals surface area contributed by atoms with Crippen molar-refractivity contribution in [3.05, 3.63) is 29.3 Å². The predicted molar refractivity (Wildman–Crippen MR) is 106 cm³/mol. The predicted octanol–water partition coefficient (Wildman–Crippen LogP) is 1.83. The fraction of sp³-hybridized carbons (Fsp3) is 0.632. The lowest BCUT2D eigenvalue weighted by Gasteiger charge is -2.36. The van der Waals surface area contributed by atoms with E-state index < -0.39 is 16.1 Å². The first-order chi connectivity index (χ1) is 13.4. The van der Waals surface area contributed by atoms with Crippen molar-refractivity contribution in [1.29, 1.82) is 0 Å². The van der Waals surface area contributed by atoms with Gasteiger partial charge in [0.15, 0.2) is 0 Å². The molecule has 28 heavy (non-hydrogen) atoms. The molecule has 1 amide bonds. The zero-order valence-electron chi connectivity index (χ0n) is 15.6. The molecule has 0 spiro atoms. The molecule has 1 aromatic carbocycles. The Hall–Kier alpha value is -1.19. The van der Waals surface area contributed by atoms with Gasteiger partial charge in [0.25, 0.3) is 0 Å². The minimum atomic E-state index is -3.60. The molecule has 1 aliphatic heterocycles.